The summed E-state index contributed by atoms with van der Waals surface area (Å²) in [4.78, 5) is 24.7. The lowest BCUT2D eigenvalue weighted by Gasteiger charge is -2.09. The van der Waals surface area contributed by atoms with Crippen molar-refractivity contribution in [3.8, 4) is 0 Å². The second kappa shape index (κ2) is 6.74. The lowest BCUT2D eigenvalue weighted by atomic mass is 10.1. The van der Waals surface area contributed by atoms with Crippen LogP contribution in [0.3, 0.4) is 0 Å². The first kappa shape index (κ1) is 15.4. The molecule has 4 N–H and O–H groups in total. The van der Waals surface area contributed by atoms with Gasteiger partial charge in [-0.15, -0.1) is 0 Å². The third kappa shape index (κ3) is 3.64. The number of rotatable bonds is 4. The standard InChI is InChI=1S/C17H16N6O/c1-11-4-5-12(18)7-15(11)16(24)22-14-9-20-17(21-10-14)23-13-3-2-6-19-8-13/h2-10H,18H2,1H3,(H,22,24)(H,20,21,23). The summed E-state index contributed by atoms with van der Waals surface area (Å²) in [5, 5.41) is 5.78. The number of benzene rings is 1. The maximum absolute atomic E-state index is 12.3. The highest BCUT2D eigenvalue weighted by Gasteiger charge is 2.10. The minimum absolute atomic E-state index is 0.253. The van der Waals surface area contributed by atoms with Gasteiger partial charge in [-0.3, -0.25) is 9.78 Å². The van der Waals surface area contributed by atoms with Gasteiger partial charge in [0.25, 0.3) is 5.91 Å². The SMILES string of the molecule is Cc1ccc(N)cc1C(=O)Nc1cnc(Nc2cccnc2)nc1. The molecule has 0 spiro atoms. The van der Waals surface area contributed by atoms with Gasteiger partial charge < -0.3 is 16.4 Å². The number of anilines is 4. The molecule has 0 saturated carbocycles. The number of carbonyl (C=O) groups excluding carboxylic acids is 1. The van der Waals surface area contributed by atoms with Gasteiger partial charge in [0.1, 0.15) is 0 Å². The fourth-order valence-electron chi connectivity index (χ4n) is 2.11. The van der Waals surface area contributed by atoms with E-state index in [0.29, 0.717) is 22.9 Å². The van der Waals surface area contributed by atoms with Gasteiger partial charge in [0.2, 0.25) is 5.95 Å². The number of nitrogens with zero attached hydrogens (tertiary/aromatic N) is 3. The first-order chi connectivity index (χ1) is 11.6. The summed E-state index contributed by atoms with van der Waals surface area (Å²) in [5.74, 6) is 0.164. The zero-order chi connectivity index (χ0) is 16.9. The van der Waals surface area contributed by atoms with E-state index in [2.05, 4.69) is 25.6 Å². The number of hydrogen-bond donors (Lipinski definition) is 3. The van der Waals surface area contributed by atoms with Crippen molar-refractivity contribution in [3.63, 3.8) is 0 Å². The van der Waals surface area contributed by atoms with Gasteiger partial charge in [0.15, 0.2) is 0 Å². The van der Waals surface area contributed by atoms with Crippen LogP contribution in [0.1, 0.15) is 15.9 Å². The number of nitrogen functional groups attached to an aromatic ring is 1. The van der Waals surface area contributed by atoms with Gasteiger partial charge in [-0.05, 0) is 36.8 Å². The third-order valence-corrected chi connectivity index (χ3v) is 3.33. The normalized spacial score (nSPS) is 10.2. The highest BCUT2D eigenvalue weighted by Crippen LogP contribution is 2.16. The average molecular weight is 320 g/mol. The molecule has 0 bridgehead atoms. The molecule has 0 aliphatic carbocycles. The molecule has 0 aliphatic heterocycles. The molecule has 0 fully saturated rings. The van der Waals surface area contributed by atoms with E-state index in [4.69, 9.17) is 5.73 Å². The molecule has 2 heterocycles. The average Bonchev–Trinajstić information content (AvgIpc) is 2.59. The Morgan fingerprint density at radius 2 is 1.88 bits per heavy atom. The molecule has 7 nitrogen and oxygen atoms in total. The molecule has 2 aromatic heterocycles. The Hall–Kier alpha value is -3.48. The number of pyridine rings is 1. The topological polar surface area (TPSA) is 106 Å². The summed E-state index contributed by atoms with van der Waals surface area (Å²) in [7, 11) is 0. The van der Waals surface area contributed by atoms with E-state index >= 15 is 0 Å². The lowest BCUT2D eigenvalue weighted by molar-refractivity contribution is 0.102. The van der Waals surface area contributed by atoms with Gasteiger partial charge >= 0.3 is 0 Å². The fourth-order valence-corrected chi connectivity index (χ4v) is 2.11. The van der Waals surface area contributed by atoms with Crippen molar-refractivity contribution in [2.24, 2.45) is 0 Å². The number of nitrogens with two attached hydrogens (primary N) is 1. The minimum Gasteiger partial charge on any atom is -0.399 e. The Balaban J connectivity index is 1.70. The number of amides is 1. The molecular weight excluding hydrogens is 304 g/mol. The maximum atomic E-state index is 12.3. The van der Waals surface area contributed by atoms with Crippen LogP contribution in [0.15, 0.2) is 55.1 Å². The van der Waals surface area contributed by atoms with Crippen LogP contribution in [-0.4, -0.2) is 20.9 Å². The smallest absolute Gasteiger partial charge is 0.256 e. The van der Waals surface area contributed by atoms with E-state index in [-0.39, 0.29) is 5.91 Å². The molecule has 7 heteroatoms. The zero-order valence-corrected chi connectivity index (χ0v) is 13.0. The van der Waals surface area contributed by atoms with E-state index in [1.807, 2.05) is 25.1 Å². The van der Waals surface area contributed by atoms with Gasteiger partial charge in [0.05, 0.1) is 30.0 Å². The molecule has 120 valence electrons. The monoisotopic (exact) mass is 320 g/mol. The van der Waals surface area contributed by atoms with Crippen LogP contribution in [0.2, 0.25) is 0 Å². The summed E-state index contributed by atoms with van der Waals surface area (Å²) in [6.07, 6.45) is 6.42. The van der Waals surface area contributed by atoms with Crippen LogP contribution in [-0.2, 0) is 0 Å². The number of aryl methyl sites for hydroxylation is 1. The number of hydrogen-bond acceptors (Lipinski definition) is 6. The number of carbonyl (C=O) groups is 1. The van der Waals surface area contributed by atoms with Crippen LogP contribution in [0.25, 0.3) is 0 Å². The lowest BCUT2D eigenvalue weighted by Crippen LogP contribution is -2.14. The largest absolute Gasteiger partial charge is 0.399 e. The molecule has 3 aromatic rings. The molecule has 0 aliphatic rings. The van der Waals surface area contributed by atoms with Gasteiger partial charge in [-0.25, -0.2) is 9.97 Å². The Labute approximate surface area is 139 Å². The van der Waals surface area contributed by atoms with E-state index in [9.17, 15) is 4.79 Å². The molecule has 1 amide bonds. The van der Waals surface area contributed by atoms with E-state index < -0.39 is 0 Å². The molecular formula is C17H16N6O. The number of aromatic nitrogens is 3. The second-order valence-corrected chi connectivity index (χ2v) is 5.19. The second-order valence-electron chi connectivity index (χ2n) is 5.19. The van der Waals surface area contributed by atoms with Crippen molar-refractivity contribution in [1.82, 2.24) is 15.0 Å². The number of nitrogens with one attached hydrogen (secondary N) is 2. The van der Waals surface area contributed by atoms with Crippen LogP contribution in [0.5, 0.6) is 0 Å². The van der Waals surface area contributed by atoms with Crippen molar-refractivity contribution in [2.75, 3.05) is 16.4 Å². The molecule has 1 aromatic carbocycles. The van der Waals surface area contributed by atoms with Crippen molar-refractivity contribution in [3.05, 3.63) is 66.2 Å². The Bertz CT molecular complexity index is 849. The molecule has 0 saturated heterocycles. The van der Waals surface area contributed by atoms with E-state index in [1.165, 1.54) is 12.4 Å². The first-order valence-electron chi connectivity index (χ1n) is 7.28. The summed E-state index contributed by atoms with van der Waals surface area (Å²) in [5.41, 5.74) is 8.92. The van der Waals surface area contributed by atoms with Crippen molar-refractivity contribution < 1.29 is 4.79 Å². The van der Waals surface area contributed by atoms with Gasteiger partial charge in [-0.2, -0.15) is 0 Å². The summed E-state index contributed by atoms with van der Waals surface area (Å²) < 4.78 is 0. The molecule has 0 atom stereocenters. The van der Waals surface area contributed by atoms with E-state index in [0.717, 1.165) is 11.3 Å². The molecule has 24 heavy (non-hydrogen) atoms. The molecule has 0 radical (unpaired) electrons. The first-order valence-corrected chi connectivity index (χ1v) is 7.28. The Morgan fingerprint density at radius 3 is 2.58 bits per heavy atom. The Kier molecular flexibility index (Phi) is 4.33. The quantitative estimate of drug-likeness (QED) is 0.638. The van der Waals surface area contributed by atoms with Gasteiger partial charge in [0, 0.05) is 17.4 Å². The van der Waals surface area contributed by atoms with Gasteiger partial charge in [-0.1, -0.05) is 6.07 Å². The molecule has 0 unspecified atom stereocenters. The van der Waals surface area contributed by atoms with Crippen molar-refractivity contribution >= 4 is 28.9 Å². The predicted octanol–water partition coefficient (Wildman–Crippen LogP) is 2.76. The van der Waals surface area contributed by atoms with Crippen LogP contribution in [0.4, 0.5) is 23.0 Å². The third-order valence-electron chi connectivity index (χ3n) is 3.33. The Morgan fingerprint density at radius 1 is 1.08 bits per heavy atom. The highest BCUT2D eigenvalue weighted by molar-refractivity contribution is 6.05. The predicted molar refractivity (Wildman–Crippen MR) is 93.1 cm³/mol. The highest BCUT2D eigenvalue weighted by atomic mass is 16.1. The van der Waals surface area contributed by atoms with Crippen molar-refractivity contribution in [1.29, 1.82) is 0 Å². The summed E-state index contributed by atoms with van der Waals surface area (Å²) in [6, 6.07) is 8.87. The summed E-state index contributed by atoms with van der Waals surface area (Å²) in [6.45, 7) is 1.85. The van der Waals surface area contributed by atoms with Crippen LogP contribution < -0.4 is 16.4 Å². The van der Waals surface area contributed by atoms with Crippen LogP contribution >= 0.6 is 0 Å². The maximum Gasteiger partial charge on any atom is 0.256 e. The minimum atomic E-state index is -0.253. The van der Waals surface area contributed by atoms with Crippen LogP contribution in [0, 0.1) is 6.92 Å². The van der Waals surface area contributed by atoms with E-state index in [1.54, 1.807) is 24.5 Å². The fraction of sp³-hybridized carbons (Fsp3) is 0.0588. The molecule has 3 rings (SSSR count). The summed E-state index contributed by atoms with van der Waals surface area (Å²) >= 11 is 0. The zero-order valence-electron chi connectivity index (χ0n) is 13.0. The van der Waals surface area contributed by atoms with Crippen molar-refractivity contribution in [2.45, 2.75) is 6.92 Å².